The van der Waals surface area contributed by atoms with E-state index < -0.39 is 11.9 Å². The lowest BCUT2D eigenvalue weighted by molar-refractivity contribution is -0.119. The highest BCUT2D eigenvalue weighted by Crippen LogP contribution is 2.25. The van der Waals surface area contributed by atoms with Crippen LogP contribution in [-0.4, -0.2) is 25.0 Å². The summed E-state index contributed by atoms with van der Waals surface area (Å²) in [5.41, 5.74) is 6.72. The van der Waals surface area contributed by atoms with Gasteiger partial charge < -0.3 is 15.8 Å². The van der Waals surface area contributed by atoms with Crippen LogP contribution in [0.4, 0.5) is 0 Å². The summed E-state index contributed by atoms with van der Waals surface area (Å²) >= 11 is 6.12. The first-order valence-electron chi connectivity index (χ1n) is 8.39. The van der Waals surface area contributed by atoms with Gasteiger partial charge in [0.2, 0.25) is 5.91 Å². The fourth-order valence-corrected chi connectivity index (χ4v) is 3.15. The van der Waals surface area contributed by atoms with E-state index in [1.807, 2.05) is 30.3 Å². The van der Waals surface area contributed by atoms with E-state index in [1.165, 1.54) is 7.11 Å². The van der Waals surface area contributed by atoms with Crippen LogP contribution >= 0.6 is 11.6 Å². The molecule has 138 valence electrons. The van der Waals surface area contributed by atoms with Gasteiger partial charge in [0.1, 0.15) is 11.8 Å². The van der Waals surface area contributed by atoms with Crippen molar-refractivity contribution in [3.63, 3.8) is 0 Å². The van der Waals surface area contributed by atoms with Gasteiger partial charge in [-0.25, -0.2) is 0 Å². The first-order chi connectivity index (χ1) is 13.0. The average Bonchev–Trinajstić information content (AvgIpc) is 2.67. The maximum absolute atomic E-state index is 12.6. The third-order valence-electron chi connectivity index (χ3n) is 4.32. The van der Waals surface area contributed by atoms with Crippen molar-refractivity contribution in [3.05, 3.63) is 76.8 Å². The molecular weight excluding hydrogens is 364 g/mol. The van der Waals surface area contributed by atoms with E-state index in [-0.39, 0.29) is 12.3 Å². The molecule has 0 aliphatic rings. The Hall–Kier alpha value is -3.05. The molecule has 6 heteroatoms. The summed E-state index contributed by atoms with van der Waals surface area (Å²) in [6, 6.07) is 17.4. The molecule has 0 aliphatic carbocycles. The summed E-state index contributed by atoms with van der Waals surface area (Å²) in [7, 11) is 1.52. The van der Waals surface area contributed by atoms with Gasteiger partial charge in [0.05, 0.1) is 12.1 Å². The van der Waals surface area contributed by atoms with E-state index in [0.717, 1.165) is 16.3 Å². The van der Waals surface area contributed by atoms with E-state index in [9.17, 15) is 9.59 Å². The molecule has 1 atom stereocenters. The Labute approximate surface area is 162 Å². The van der Waals surface area contributed by atoms with Gasteiger partial charge in [-0.15, -0.1) is 0 Å². The number of fused-ring (bicyclic) bond motifs is 1. The summed E-state index contributed by atoms with van der Waals surface area (Å²) in [5.74, 6) is -0.434. The molecular formula is C21H19ClN2O3. The van der Waals surface area contributed by atoms with Crippen LogP contribution in [0.15, 0.2) is 60.7 Å². The Morgan fingerprint density at radius 1 is 1.07 bits per heavy atom. The lowest BCUT2D eigenvalue weighted by atomic mass is 10.0. The Balaban J connectivity index is 1.77. The van der Waals surface area contributed by atoms with E-state index in [4.69, 9.17) is 22.1 Å². The number of primary amides is 1. The van der Waals surface area contributed by atoms with Gasteiger partial charge in [-0.2, -0.15) is 0 Å². The van der Waals surface area contributed by atoms with Gasteiger partial charge in [-0.1, -0.05) is 48.0 Å². The van der Waals surface area contributed by atoms with Crippen molar-refractivity contribution in [2.24, 2.45) is 5.73 Å². The molecule has 0 unspecified atom stereocenters. The zero-order valence-electron chi connectivity index (χ0n) is 14.7. The SMILES string of the molecule is COc1ccc(C[C@H](NC(=O)c2ccc3ccccc3c2)C(N)=O)cc1Cl. The molecule has 3 N–H and O–H groups in total. The molecule has 3 rings (SSSR count). The topological polar surface area (TPSA) is 81.4 Å². The number of amides is 2. The monoisotopic (exact) mass is 382 g/mol. The van der Waals surface area contributed by atoms with E-state index in [0.29, 0.717) is 16.3 Å². The van der Waals surface area contributed by atoms with Crippen LogP contribution in [-0.2, 0) is 11.2 Å². The number of halogens is 1. The van der Waals surface area contributed by atoms with Crippen molar-refractivity contribution in [1.29, 1.82) is 0 Å². The zero-order valence-corrected chi connectivity index (χ0v) is 15.5. The summed E-state index contributed by atoms with van der Waals surface area (Å²) in [6.45, 7) is 0. The largest absolute Gasteiger partial charge is 0.495 e. The lowest BCUT2D eigenvalue weighted by Crippen LogP contribution is -2.45. The highest BCUT2D eigenvalue weighted by molar-refractivity contribution is 6.32. The van der Waals surface area contributed by atoms with Gasteiger partial charge in [0.15, 0.2) is 0 Å². The highest BCUT2D eigenvalue weighted by Gasteiger charge is 2.20. The van der Waals surface area contributed by atoms with Gasteiger partial charge in [0, 0.05) is 12.0 Å². The second-order valence-corrected chi connectivity index (χ2v) is 6.57. The fourth-order valence-electron chi connectivity index (χ4n) is 2.87. The van der Waals surface area contributed by atoms with Crippen LogP contribution in [0.3, 0.4) is 0 Å². The molecule has 5 nitrogen and oxygen atoms in total. The van der Waals surface area contributed by atoms with Crippen molar-refractivity contribution in [1.82, 2.24) is 5.32 Å². The lowest BCUT2D eigenvalue weighted by Gasteiger charge is -2.16. The third kappa shape index (κ3) is 4.38. The van der Waals surface area contributed by atoms with E-state index in [1.54, 1.807) is 30.3 Å². The maximum Gasteiger partial charge on any atom is 0.251 e. The number of nitrogens with two attached hydrogens (primary N) is 1. The smallest absolute Gasteiger partial charge is 0.251 e. The van der Waals surface area contributed by atoms with Crippen LogP contribution in [0.1, 0.15) is 15.9 Å². The van der Waals surface area contributed by atoms with Crippen molar-refractivity contribution in [2.75, 3.05) is 7.11 Å². The van der Waals surface area contributed by atoms with Crippen LogP contribution < -0.4 is 15.8 Å². The first kappa shape index (κ1) is 18.7. The van der Waals surface area contributed by atoms with Gasteiger partial charge in [-0.05, 0) is 40.6 Å². The van der Waals surface area contributed by atoms with E-state index in [2.05, 4.69) is 5.32 Å². The second kappa shape index (κ2) is 8.10. The molecule has 0 bridgehead atoms. The fraction of sp³-hybridized carbons (Fsp3) is 0.143. The number of benzene rings is 3. The summed E-state index contributed by atoms with van der Waals surface area (Å²) in [4.78, 5) is 24.4. The molecule has 0 spiro atoms. The third-order valence-corrected chi connectivity index (χ3v) is 4.61. The van der Waals surface area contributed by atoms with Gasteiger partial charge in [-0.3, -0.25) is 9.59 Å². The van der Waals surface area contributed by atoms with Gasteiger partial charge in [0.25, 0.3) is 5.91 Å². The van der Waals surface area contributed by atoms with Gasteiger partial charge >= 0.3 is 0 Å². The zero-order chi connectivity index (χ0) is 19.4. The minimum Gasteiger partial charge on any atom is -0.495 e. The predicted molar refractivity (Wildman–Crippen MR) is 106 cm³/mol. The van der Waals surface area contributed by atoms with Crippen molar-refractivity contribution < 1.29 is 14.3 Å². The Kier molecular flexibility index (Phi) is 5.62. The van der Waals surface area contributed by atoms with Crippen molar-refractivity contribution in [3.8, 4) is 5.75 Å². The van der Waals surface area contributed by atoms with Crippen LogP contribution in [0.2, 0.25) is 5.02 Å². The number of carbonyl (C=O) groups is 2. The molecule has 0 fully saturated rings. The first-order valence-corrected chi connectivity index (χ1v) is 8.77. The Morgan fingerprint density at radius 2 is 1.81 bits per heavy atom. The van der Waals surface area contributed by atoms with Crippen LogP contribution in [0, 0.1) is 0 Å². The molecule has 2 amide bonds. The standard InChI is InChI=1S/C21H19ClN2O3/c1-27-19-9-6-13(10-17(19)22)11-18(20(23)25)24-21(26)16-8-7-14-4-2-3-5-15(14)12-16/h2-10,12,18H,11H2,1H3,(H2,23,25)(H,24,26)/t18-/m0/s1. The molecule has 3 aromatic carbocycles. The number of rotatable bonds is 6. The molecule has 3 aromatic rings. The average molecular weight is 383 g/mol. The van der Waals surface area contributed by atoms with E-state index >= 15 is 0 Å². The number of nitrogens with one attached hydrogen (secondary N) is 1. The maximum atomic E-state index is 12.6. The summed E-state index contributed by atoms with van der Waals surface area (Å²) < 4.78 is 5.12. The van der Waals surface area contributed by atoms with Crippen LogP contribution in [0.25, 0.3) is 10.8 Å². The molecule has 0 aromatic heterocycles. The summed E-state index contributed by atoms with van der Waals surface area (Å²) in [6.07, 6.45) is 0.234. The van der Waals surface area contributed by atoms with Crippen molar-refractivity contribution in [2.45, 2.75) is 12.5 Å². The molecule has 0 aliphatic heterocycles. The minimum atomic E-state index is -0.853. The number of ether oxygens (including phenoxy) is 1. The minimum absolute atomic E-state index is 0.234. The second-order valence-electron chi connectivity index (χ2n) is 6.16. The quantitative estimate of drug-likeness (QED) is 0.686. The Bertz CT molecular complexity index is 1000. The molecule has 0 radical (unpaired) electrons. The highest BCUT2D eigenvalue weighted by atomic mass is 35.5. The molecule has 27 heavy (non-hydrogen) atoms. The molecule has 0 heterocycles. The normalized spacial score (nSPS) is 11.8. The number of hydrogen-bond donors (Lipinski definition) is 2. The summed E-state index contributed by atoms with van der Waals surface area (Å²) in [5, 5.41) is 5.12. The van der Waals surface area contributed by atoms with Crippen LogP contribution in [0.5, 0.6) is 5.75 Å². The number of hydrogen-bond acceptors (Lipinski definition) is 3. The Morgan fingerprint density at radius 3 is 2.48 bits per heavy atom. The number of methoxy groups -OCH3 is 1. The molecule has 0 saturated carbocycles. The molecule has 0 saturated heterocycles. The van der Waals surface area contributed by atoms with Crippen molar-refractivity contribution >= 4 is 34.2 Å². The number of carbonyl (C=O) groups excluding carboxylic acids is 2. The predicted octanol–water partition coefficient (Wildman–Crippen LogP) is 3.33.